The number of fused-ring (bicyclic) bond motifs is 1. The highest BCUT2D eigenvalue weighted by Crippen LogP contribution is 2.32. The molecule has 0 aliphatic carbocycles. The Hall–Kier alpha value is -2.75. The second-order valence-corrected chi connectivity index (χ2v) is 13.9. The fraction of sp³-hybridized carbons (Fsp3) is 0.400. The monoisotopic (exact) mass is 591 g/mol. The number of hydrogen-bond donors (Lipinski definition) is 1. The Morgan fingerprint density at radius 1 is 1.08 bits per heavy atom. The molecule has 2 aliphatic rings. The normalized spacial score (nSPS) is 18.3. The molecule has 0 saturated carbocycles. The summed E-state index contributed by atoms with van der Waals surface area (Å²) < 4.78 is 46.8. The largest absolute Gasteiger partial charge is 0.501 e. The molecule has 39 heavy (non-hydrogen) atoms. The smallest absolute Gasteiger partial charge is 0.301 e. The molecule has 6 rings (SSSR count). The van der Waals surface area contributed by atoms with Crippen molar-refractivity contribution in [3.63, 3.8) is 0 Å². The van der Waals surface area contributed by atoms with Crippen LogP contribution in [0.3, 0.4) is 0 Å². The fourth-order valence-electron chi connectivity index (χ4n) is 4.84. The number of aromatic hydroxyl groups is 1. The number of rotatable bonds is 7. The van der Waals surface area contributed by atoms with E-state index in [9.17, 15) is 22.7 Å². The molecule has 0 bridgehead atoms. The van der Waals surface area contributed by atoms with Crippen LogP contribution in [0.4, 0.5) is 4.39 Å². The summed E-state index contributed by atoms with van der Waals surface area (Å²) in [5.74, 6) is -0.789. The number of benzene rings is 1. The zero-order valence-electron chi connectivity index (χ0n) is 20.9. The van der Waals surface area contributed by atoms with Crippen molar-refractivity contribution in [2.24, 2.45) is 0 Å². The third-order valence-electron chi connectivity index (χ3n) is 6.88. The van der Waals surface area contributed by atoms with Crippen LogP contribution >= 0.6 is 22.7 Å². The number of thiazole rings is 2. The van der Waals surface area contributed by atoms with Gasteiger partial charge in [-0.3, -0.25) is 14.1 Å². The number of hydrogen-bond acceptors (Lipinski definition) is 10. The predicted molar refractivity (Wildman–Crippen MR) is 146 cm³/mol. The highest BCUT2D eigenvalue weighted by atomic mass is 32.2. The van der Waals surface area contributed by atoms with Gasteiger partial charge in [0, 0.05) is 61.3 Å². The molecule has 0 amide bonds. The van der Waals surface area contributed by atoms with Crippen LogP contribution in [0.1, 0.15) is 27.3 Å². The second kappa shape index (κ2) is 10.7. The maximum atomic E-state index is 14.1. The van der Waals surface area contributed by atoms with Gasteiger partial charge in [-0.25, -0.2) is 22.8 Å². The third kappa shape index (κ3) is 5.49. The van der Waals surface area contributed by atoms with Crippen molar-refractivity contribution in [1.29, 1.82) is 0 Å². The van der Waals surface area contributed by atoms with E-state index in [1.807, 2.05) is 0 Å². The molecule has 0 unspecified atom stereocenters. The average molecular weight is 592 g/mol. The molecule has 2 saturated heterocycles. The molecule has 1 N–H and O–H groups in total. The summed E-state index contributed by atoms with van der Waals surface area (Å²) in [6.45, 7) is 4.20. The maximum absolute atomic E-state index is 14.1. The Morgan fingerprint density at radius 3 is 2.67 bits per heavy atom. The standard InChI is InChI=1S/C25H26FN5O5S3/c26-18-3-2-16(17(10-18)13-30-4-1-9-39(30,34)35)11-19-12-27-23(37-19)21-22(32)24(33)31-15-20(38-25(31)28-21)14-29-5-7-36-8-6-29/h2-3,10,12,15,32H,1,4-9,11,13-14H2. The first kappa shape index (κ1) is 26.5. The molecular formula is C25H26FN5O5S3. The van der Waals surface area contributed by atoms with Gasteiger partial charge in [-0.2, -0.15) is 4.31 Å². The van der Waals surface area contributed by atoms with Gasteiger partial charge in [0.05, 0.1) is 19.0 Å². The number of sulfonamides is 1. The Morgan fingerprint density at radius 2 is 1.90 bits per heavy atom. The lowest BCUT2D eigenvalue weighted by Gasteiger charge is -2.25. The molecule has 3 aromatic heterocycles. The lowest BCUT2D eigenvalue weighted by Crippen LogP contribution is -2.35. The molecule has 1 aromatic carbocycles. The summed E-state index contributed by atoms with van der Waals surface area (Å²) in [7, 11) is -3.33. The van der Waals surface area contributed by atoms with Crippen LogP contribution in [-0.2, 0) is 34.3 Å². The fourth-order valence-corrected chi connectivity index (χ4v) is 8.27. The van der Waals surface area contributed by atoms with Gasteiger partial charge in [-0.05, 0) is 29.7 Å². The van der Waals surface area contributed by atoms with Gasteiger partial charge in [-0.1, -0.05) is 17.4 Å². The summed E-state index contributed by atoms with van der Waals surface area (Å²) in [6, 6.07) is 4.38. The molecule has 10 nitrogen and oxygen atoms in total. The molecule has 2 fully saturated rings. The van der Waals surface area contributed by atoms with Gasteiger partial charge >= 0.3 is 5.56 Å². The van der Waals surface area contributed by atoms with Crippen LogP contribution in [0.15, 0.2) is 35.4 Å². The summed E-state index contributed by atoms with van der Waals surface area (Å²) in [5.41, 5.74) is 0.956. The Labute approximate surface area is 232 Å². The molecule has 206 valence electrons. The molecule has 0 atom stereocenters. The molecule has 14 heteroatoms. The minimum Gasteiger partial charge on any atom is -0.501 e. The minimum absolute atomic E-state index is 0.107. The summed E-state index contributed by atoms with van der Waals surface area (Å²) in [4.78, 5) is 26.4. The third-order valence-corrected chi connectivity index (χ3v) is 10.8. The topological polar surface area (TPSA) is 117 Å². The first-order valence-corrected chi connectivity index (χ1v) is 15.8. The SMILES string of the molecule is O=c1c(O)c(-c2ncc(Cc3ccc(F)cc3CN3CCCS3(=O)=O)s2)nc2sc(CN3CCOCC3)cn12. The number of ether oxygens (including phenoxy) is 1. The van der Waals surface area contributed by atoms with Gasteiger partial charge in [-0.15, -0.1) is 11.3 Å². The average Bonchev–Trinajstić information content (AvgIpc) is 3.62. The van der Waals surface area contributed by atoms with E-state index in [4.69, 9.17) is 4.74 Å². The first-order chi connectivity index (χ1) is 18.8. The van der Waals surface area contributed by atoms with E-state index in [2.05, 4.69) is 14.9 Å². The van der Waals surface area contributed by atoms with Crippen molar-refractivity contribution in [3.05, 3.63) is 67.6 Å². The number of nitrogens with zero attached hydrogens (tertiary/aromatic N) is 5. The van der Waals surface area contributed by atoms with Crippen molar-refractivity contribution in [3.8, 4) is 16.5 Å². The minimum atomic E-state index is -3.33. The number of morpholine rings is 1. The van der Waals surface area contributed by atoms with Crippen LogP contribution in [0, 0.1) is 5.82 Å². The van der Waals surface area contributed by atoms with Gasteiger partial charge < -0.3 is 9.84 Å². The zero-order valence-corrected chi connectivity index (χ0v) is 23.3. The van der Waals surface area contributed by atoms with Crippen molar-refractivity contribution >= 4 is 37.7 Å². The van der Waals surface area contributed by atoms with Gasteiger partial charge in [0.2, 0.25) is 15.8 Å². The van der Waals surface area contributed by atoms with E-state index in [-0.39, 0.29) is 18.0 Å². The summed E-state index contributed by atoms with van der Waals surface area (Å²) >= 11 is 2.67. The Balaban J connectivity index is 1.26. The second-order valence-electron chi connectivity index (χ2n) is 9.58. The van der Waals surface area contributed by atoms with Gasteiger partial charge in [0.25, 0.3) is 0 Å². The number of halogens is 1. The lowest BCUT2D eigenvalue weighted by atomic mass is 10.0. The zero-order chi connectivity index (χ0) is 27.1. The van der Waals surface area contributed by atoms with E-state index in [1.165, 1.54) is 43.5 Å². The maximum Gasteiger partial charge on any atom is 0.301 e. The molecule has 5 heterocycles. The highest BCUT2D eigenvalue weighted by Gasteiger charge is 2.29. The predicted octanol–water partition coefficient (Wildman–Crippen LogP) is 2.68. The Bertz CT molecular complexity index is 1690. The van der Waals surface area contributed by atoms with E-state index in [1.54, 1.807) is 18.5 Å². The van der Waals surface area contributed by atoms with E-state index in [0.717, 1.165) is 28.4 Å². The van der Waals surface area contributed by atoms with Gasteiger partial charge in [0.15, 0.2) is 4.96 Å². The molecule has 4 aromatic rings. The summed E-state index contributed by atoms with van der Waals surface area (Å²) in [6.07, 6.45) is 4.32. The molecule has 2 aliphatic heterocycles. The van der Waals surface area contributed by atoms with E-state index >= 15 is 0 Å². The molecule has 0 spiro atoms. The quantitative estimate of drug-likeness (QED) is 0.349. The molecule has 0 radical (unpaired) electrons. The van der Waals surface area contributed by atoms with Crippen LogP contribution in [-0.4, -0.2) is 75.7 Å². The van der Waals surface area contributed by atoms with Gasteiger partial charge in [0.1, 0.15) is 16.5 Å². The van der Waals surface area contributed by atoms with E-state index < -0.39 is 27.1 Å². The van der Waals surface area contributed by atoms with Crippen LogP contribution < -0.4 is 5.56 Å². The highest BCUT2D eigenvalue weighted by molar-refractivity contribution is 7.89. The van der Waals surface area contributed by atoms with Crippen LogP contribution in [0.25, 0.3) is 15.7 Å². The van der Waals surface area contributed by atoms with Crippen molar-refractivity contribution < 1.29 is 22.7 Å². The lowest BCUT2D eigenvalue weighted by molar-refractivity contribution is 0.0346. The van der Waals surface area contributed by atoms with Crippen molar-refractivity contribution in [2.45, 2.75) is 25.9 Å². The number of aromatic nitrogens is 3. The van der Waals surface area contributed by atoms with Crippen molar-refractivity contribution in [2.75, 3.05) is 38.6 Å². The summed E-state index contributed by atoms with van der Waals surface area (Å²) in [5, 5.41) is 11.1. The Kier molecular flexibility index (Phi) is 7.24. The first-order valence-electron chi connectivity index (χ1n) is 12.5. The molecular weight excluding hydrogens is 566 g/mol. The van der Waals surface area contributed by atoms with Crippen LogP contribution in [0.5, 0.6) is 5.75 Å². The van der Waals surface area contributed by atoms with Crippen molar-refractivity contribution in [1.82, 2.24) is 23.6 Å². The van der Waals surface area contributed by atoms with Crippen LogP contribution in [0.2, 0.25) is 0 Å². The van der Waals surface area contributed by atoms with E-state index in [0.29, 0.717) is 54.7 Å².